The minimum Gasteiger partial charge on any atom is -0.462 e. The van der Waals surface area contributed by atoms with E-state index in [9.17, 15) is 43.2 Å². The van der Waals surface area contributed by atoms with Crippen LogP contribution in [-0.4, -0.2) is 96.7 Å². The largest absolute Gasteiger partial charge is 0.472 e. The fourth-order valence-corrected chi connectivity index (χ4v) is 14.4. The van der Waals surface area contributed by atoms with Gasteiger partial charge in [-0.15, -0.1) is 0 Å². The Labute approximate surface area is 632 Å². The van der Waals surface area contributed by atoms with E-state index in [1.807, 2.05) is 0 Å². The van der Waals surface area contributed by atoms with E-state index < -0.39 is 97.5 Å². The Hall–Kier alpha value is -1.94. The third-order valence-corrected chi connectivity index (χ3v) is 22.6. The molecule has 0 bridgehead atoms. The third kappa shape index (κ3) is 74.0. The van der Waals surface area contributed by atoms with Crippen molar-refractivity contribution in [2.45, 2.75) is 453 Å². The van der Waals surface area contributed by atoms with Crippen molar-refractivity contribution in [2.24, 2.45) is 23.7 Å². The number of hydrogen-bond acceptors (Lipinski definition) is 15. The third-order valence-electron chi connectivity index (χ3n) is 20.7. The predicted octanol–water partition coefficient (Wildman–Crippen LogP) is 25.2. The van der Waals surface area contributed by atoms with Crippen molar-refractivity contribution in [3.05, 3.63) is 0 Å². The molecule has 0 aromatic heterocycles. The first-order valence-electron chi connectivity index (χ1n) is 43.3. The van der Waals surface area contributed by atoms with Gasteiger partial charge in [-0.3, -0.25) is 37.3 Å². The number of phosphoric ester groups is 2. The first-order valence-corrected chi connectivity index (χ1v) is 46.3. The monoisotopic (exact) mass is 1510 g/mol. The van der Waals surface area contributed by atoms with Crippen LogP contribution in [0.5, 0.6) is 0 Å². The minimum absolute atomic E-state index is 0.106. The zero-order valence-corrected chi connectivity index (χ0v) is 69.7. The Balaban J connectivity index is 5.18. The van der Waals surface area contributed by atoms with Crippen LogP contribution in [0.25, 0.3) is 0 Å². The van der Waals surface area contributed by atoms with Gasteiger partial charge >= 0.3 is 39.5 Å². The second-order valence-electron chi connectivity index (χ2n) is 31.4. The van der Waals surface area contributed by atoms with E-state index in [2.05, 4.69) is 55.4 Å². The smallest absolute Gasteiger partial charge is 0.462 e. The van der Waals surface area contributed by atoms with Crippen LogP contribution in [0.15, 0.2) is 0 Å². The van der Waals surface area contributed by atoms with E-state index in [1.165, 1.54) is 231 Å². The number of unbranched alkanes of at least 4 members (excludes halogenated alkanes) is 44. The number of phosphoric acid groups is 2. The summed E-state index contributed by atoms with van der Waals surface area (Å²) in [6.45, 7) is 14.3. The Morgan fingerprint density at radius 1 is 0.272 bits per heavy atom. The van der Waals surface area contributed by atoms with E-state index in [-0.39, 0.29) is 25.7 Å². The van der Waals surface area contributed by atoms with Crippen molar-refractivity contribution >= 4 is 39.5 Å². The van der Waals surface area contributed by atoms with Crippen molar-refractivity contribution in [3.63, 3.8) is 0 Å². The maximum Gasteiger partial charge on any atom is 0.472 e. The van der Waals surface area contributed by atoms with Crippen LogP contribution in [-0.2, 0) is 65.4 Å². The van der Waals surface area contributed by atoms with E-state index >= 15 is 0 Å². The zero-order valence-electron chi connectivity index (χ0n) is 68.0. The number of carbonyl (C=O) groups excluding carboxylic acids is 4. The summed E-state index contributed by atoms with van der Waals surface area (Å²) in [4.78, 5) is 73.1. The van der Waals surface area contributed by atoms with E-state index in [1.54, 1.807) is 0 Å². The molecule has 103 heavy (non-hydrogen) atoms. The highest BCUT2D eigenvalue weighted by atomic mass is 31.2. The lowest BCUT2D eigenvalue weighted by Crippen LogP contribution is -2.30. The minimum atomic E-state index is -4.96. The van der Waals surface area contributed by atoms with Gasteiger partial charge < -0.3 is 33.8 Å². The number of carbonyl (C=O) groups is 4. The summed E-state index contributed by atoms with van der Waals surface area (Å²) in [7, 11) is -9.93. The van der Waals surface area contributed by atoms with Gasteiger partial charge in [-0.25, -0.2) is 9.13 Å². The van der Waals surface area contributed by atoms with Gasteiger partial charge in [-0.05, 0) is 49.4 Å². The SMILES string of the molecule is CCC(C)CCCCCCCCCCCCCCCCCCCCC(=O)OC[C@H](COP(=O)(O)OC[C@@H](O)COP(=O)(O)OC[C@@H](COC(=O)CCCCCCCCC(C)CC)OC(=O)CCCCCCCCCCCCCCCCC(C)CC)OC(=O)CCCCCCCCCCCCC(C)C. The predicted molar refractivity (Wildman–Crippen MR) is 423 cm³/mol. The molecule has 0 saturated carbocycles. The fourth-order valence-electron chi connectivity index (χ4n) is 12.9. The summed E-state index contributed by atoms with van der Waals surface area (Å²) in [6, 6.07) is 0. The van der Waals surface area contributed by atoms with Crippen molar-refractivity contribution in [1.29, 1.82) is 0 Å². The van der Waals surface area contributed by atoms with Crippen LogP contribution in [0.4, 0.5) is 0 Å². The highest BCUT2D eigenvalue weighted by Gasteiger charge is 2.30. The van der Waals surface area contributed by atoms with Crippen molar-refractivity contribution in [1.82, 2.24) is 0 Å². The normalized spacial score (nSPS) is 14.8. The van der Waals surface area contributed by atoms with E-state index in [0.717, 1.165) is 120 Å². The second kappa shape index (κ2) is 72.9. The molecule has 612 valence electrons. The Bertz CT molecular complexity index is 2010. The van der Waals surface area contributed by atoms with Crippen LogP contribution in [0, 0.1) is 23.7 Å². The van der Waals surface area contributed by atoms with E-state index in [0.29, 0.717) is 25.7 Å². The van der Waals surface area contributed by atoms with Crippen molar-refractivity contribution < 1.29 is 80.2 Å². The molecule has 0 rings (SSSR count). The summed E-state index contributed by atoms with van der Waals surface area (Å²) in [5.74, 6) is 1.09. The van der Waals surface area contributed by atoms with E-state index in [4.69, 9.17) is 37.0 Å². The molecule has 0 aliphatic rings. The summed E-state index contributed by atoms with van der Waals surface area (Å²) in [5.41, 5.74) is 0. The lowest BCUT2D eigenvalue weighted by molar-refractivity contribution is -0.161. The molecule has 0 amide bonds. The summed E-state index contributed by atoms with van der Waals surface area (Å²) >= 11 is 0. The molecular weight excluding hydrogens is 1340 g/mol. The average Bonchev–Trinajstić information content (AvgIpc) is 0.910. The van der Waals surface area contributed by atoms with Crippen molar-refractivity contribution in [3.8, 4) is 0 Å². The maximum absolute atomic E-state index is 13.1. The summed E-state index contributed by atoms with van der Waals surface area (Å²) < 4.78 is 68.8. The molecule has 0 aliphatic heterocycles. The van der Waals surface area contributed by atoms with Crippen molar-refractivity contribution in [2.75, 3.05) is 39.6 Å². The van der Waals surface area contributed by atoms with Crippen LogP contribution >= 0.6 is 15.6 Å². The number of ether oxygens (including phenoxy) is 4. The first kappa shape index (κ1) is 101. The molecule has 0 aromatic carbocycles. The van der Waals surface area contributed by atoms with Gasteiger partial charge in [0.15, 0.2) is 12.2 Å². The molecule has 5 unspecified atom stereocenters. The maximum atomic E-state index is 13.1. The number of aliphatic hydroxyl groups excluding tert-OH is 1. The molecule has 0 fully saturated rings. The molecule has 17 nitrogen and oxygen atoms in total. The summed E-state index contributed by atoms with van der Waals surface area (Å²) in [6.07, 6.45) is 61.1. The molecule has 8 atom stereocenters. The first-order chi connectivity index (χ1) is 49.7. The number of hydrogen-bond donors (Lipinski definition) is 3. The molecular formula is C84H164O17P2. The van der Waals surface area contributed by atoms with Gasteiger partial charge in [0, 0.05) is 25.7 Å². The lowest BCUT2D eigenvalue weighted by atomic mass is 9.99. The Morgan fingerprint density at radius 2 is 0.466 bits per heavy atom. The quantitative estimate of drug-likeness (QED) is 0.0222. The lowest BCUT2D eigenvalue weighted by Gasteiger charge is -2.21. The average molecular weight is 1510 g/mol. The second-order valence-corrected chi connectivity index (χ2v) is 34.3. The van der Waals surface area contributed by atoms with Gasteiger partial charge in [-0.1, -0.05) is 383 Å². The Morgan fingerprint density at radius 3 is 0.689 bits per heavy atom. The van der Waals surface area contributed by atoms with Crippen LogP contribution in [0.1, 0.15) is 434 Å². The molecule has 0 aromatic rings. The van der Waals surface area contributed by atoms with Crippen LogP contribution in [0.3, 0.4) is 0 Å². The number of aliphatic hydroxyl groups is 1. The molecule has 0 saturated heterocycles. The van der Waals surface area contributed by atoms with Gasteiger partial charge in [0.1, 0.15) is 19.3 Å². The van der Waals surface area contributed by atoms with Gasteiger partial charge in [0.2, 0.25) is 0 Å². The standard InChI is InChI=1S/C84H164O17P2/c1-9-75(6)61-53-45-37-31-24-20-16-14-12-13-15-17-22-26-33-39-48-56-64-81(86)94-70-79(100-84(89)67-59-51-41-35-29-28-30-36-44-52-60-74(4)5)72-98-102(90,91)96-68-78(85)69-97-103(92,93)99-73-80(71-95-82(87)65-57-49-43-42-47-55-63-77(8)11-3)101-83(88)66-58-50-40-34-27-23-19-18-21-25-32-38-46-54-62-76(7)10-2/h74-80,85H,9-73H2,1-8H3,(H,90,91)(H,92,93)/t75?,76?,77?,78-,79-,80-/m1/s1. The molecule has 0 heterocycles. The highest BCUT2D eigenvalue weighted by Crippen LogP contribution is 2.45. The van der Waals surface area contributed by atoms with Crippen LogP contribution < -0.4 is 0 Å². The molecule has 3 N–H and O–H groups in total. The highest BCUT2D eigenvalue weighted by molar-refractivity contribution is 7.47. The Kier molecular flexibility index (Phi) is 71.5. The fraction of sp³-hybridized carbons (Fsp3) is 0.952. The molecule has 0 radical (unpaired) electrons. The van der Waals surface area contributed by atoms with Gasteiger partial charge in [-0.2, -0.15) is 0 Å². The zero-order chi connectivity index (χ0) is 76.0. The topological polar surface area (TPSA) is 237 Å². The molecule has 0 aliphatic carbocycles. The van der Waals surface area contributed by atoms with Gasteiger partial charge in [0.05, 0.1) is 26.4 Å². The molecule has 19 heteroatoms. The number of rotatable bonds is 81. The molecule has 0 spiro atoms. The van der Waals surface area contributed by atoms with Gasteiger partial charge in [0.25, 0.3) is 0 Å². The van der Waals surface area contributed by atoms with Crippen LogP contribution in [0.2, 0.25) is 0 Å². The number of esters is 4. The summed E-state index contributed by atoms with van der Waals surface area (Å²) in [5, 5.41) is 10.7.